The molecule has 20 heavy (non-hydrogen) atoms. The Labute approximate surface area is 118 Å². The second-order valence-electron chi connectivity index (χ2n) is 5.01. The predicted molar refractivity (Wildman–Crippen MR) is 78.1 cm³/mol. The molecule has 104 valence electrons. The first kappa shape index (κ1) is 12.9. The van der Waals surface area contributed by atoms with E-state index in [4.69, 9.17) is 10.6 Å². The summed E-state index contributed by atoms with van der Waals surface area (Å²) in [5.74, 6) is 8.03. The zero-order valence-corrected chi connectivity index (χ0v) is 11.2. The van der Waals surface area contributed by atoms with Crippen molar-refractivity contribution in [3.8, 4) is 17.3 Å². The van der Waals surface area contributed by atoms with Gasteiger partial charge in [-0.3, -0.25) is 0 Å². The van der Waals surface area contributed by atoms with Crippen molar-refractivity contribution < 1.29 is 4.74 Å². The molecule has 0 amide bonds. The van der Waals surface area contributed by atoms with Crippen LogP contribution in [0.25, 0.3) is 11.4 Å². The number of nitrogen functional groups attached to an aromatic ring is 1. The normalized spacial score (nSPS) is 14.1. The van der Waals surface area contributed by atoms with Gasteiger partial charge in [0.2, 0.25) is 5.88 Å². The van der Waals surface area contributed by atoms with Gasteiger partial charge in [-0.2, -0.15) is 4.98 Å². The van der Waals surface area contributed by atoms with Crippen LogP contribution in [0, 0.1) is 5.92 Å². The van der Waals surface area contributed by atoms with Crippen LogP contribution in [0.4, 0.5) is 5.82 Å². The van der Waals surface area contributed by atoms with Gasteiger partial charge >= 0.3 is 0 Å². The van der Waals surface area contributed by atoms with Gasteiger partial charge in [-0.05, 0) is 12.3 Å². The molecule has 0 radical (unpaired) electrons. The highest BCUT2D eigenvalue weighted by molar-refractivity contribution is 5.57. The van der Waals surface area contributed by atoms with Gasteiger partial charge in [0.05, 0.1) is 6.61 Å². The lowest BCUT2D eigenvalue weighted by Gasteiger charge is -2.09. The van der Waals surface area contributed by atoms with Crippen LogP contribution >= 0.6 is 0 Å². The number of anilines is 1. The summed E-state index contributed by atoms with van der Waals surface area (Å²) in [6, 6.07) is 11.5. The summed E-state index contributed by atoms with van der Waals surface area (Å²) in [7, 11) is 0. The molecule has 0 bridgehead atoms. The number of benzene rings is 1. The van der Waals surface area contributed by atoms with Gasteiger partial charge in [-0.25, -0.2) is 10.8 Å². The largest absolute Gasteiger partial charge is 0.478 e. The van der Waals surface area contributed by atoms with Crippen molar-refractivity contribution in [3.63, 3.8) is 0 Å². The van der Waals surface area contributed by atoms with Crippen molar-refractivity contribution >= 4 is 5.82 Å². The summed E-state index contributed by atoms with van der Waals surface area (Å²) in [5, 5.41) is 0. The predicted octanol–water partition coefficient (Wildman–Crippen LogP) is 2.61. The Morgan fingerprint density at radius 1 is 1.20 bits per heavy atom. The Kier molecular flexibility index (Phi) is 3.78. The minimum Gasteiger partial charge on any atom is -0.478 e. The number of nitrogens with two attached hydrogens (primary N) is 1. The maximum atomic E-state index is 5.71. The van der Waals surface area contributed by atoms with Crippen LogP contribution in [0.15, 0.2) is 36.4 Å². The molecule has 1 aliphatic rings. The van der Waals surface area contributed by atoms with Crippen LogP contribution in [0.3, 0.4) is 0 Å². The Bertz CT molecular complexity index is 569. The van der Waals surface area contributed by atoms with E-state index in [0.717, 1.165) is 17.9 Å². The zero-order chi connectivity index (χ0) is 13.8. The second-order valence-corrected chi connectivity index (χ2v) is 5.01. The van der Waals surface area contributed by atoms with E-state index in [-0.39, 0.29) is 0 Å². The van der Waals surface area contributed by atoms with Crippen LogP contribution in [0.1, 0.15) is 19.3 Å². The van der Waals surface area contributed by atoms with Crippen LogP contribution < -0.4 is 16.0 Å². The van der Waals surface area contributed by atoms with Crippen LogP contribution in [0.2, 0.25) is 0 Å². The molecule has 3 N–H and O–H groups in total. The molecule has 1 fully saturated rings. The monoisotopic (exact) mass is 270 g/mol. The van der Waals surface area contributed by atoms with Crippen molar-refractivity contribution in [1.29, 1.82) is 0 Å². The number of nitrogens with zero attached hydrogens (tertiary/aromatic N) is 2. The van der Waals surface area contributed by atoms with Crippen molar-refractivity contribution in [2.75, 3.05) is 12.0 Å². The van der Waals surface area contributed by atoms with E-state index in [2.05, 4.69) is 15.4 Å². The summed E-state index contributed by atoms with van der Waals surface area (Å²) >= 11 is 0. The van der Waals surface area contributed by atoms with E-state index in [1.54, 1.807) is 6.07 Å². The third-order valence-corrected chi connectivity index (χ3v) is 3.36. The van der Waals surface area contributed by atoms with Crippen molar-refractivity contribution in [3.05, 3.63) is 36.4 Å². The Morgan fingerprint density at radius 2 is 2.00 bits per heavy atom. The lowest BCUT2D eigenvalue weighted by Crippen LogP contribution is -2.10. The Hall–Kier alpha value is -2.14. The summed E-state index contributed by atoms with van der Waals surface area (Å²) in [6.45, 7) is 0.694. The van der Waals surface area contributed by atoms with Gasteiger partial charge < -0.3 is 10.2 Å². The molecule has 1 aromatic heterocycles. The second kappa shape index (κ2) is 5.88. The number of nitrogens with one attached hydrogen (secondary N) is 1. The molecule has 3 rings (SSSR count). The summed E-state index contributed by atoms with van der Waals surface area (Å²) in [4.78, 5) is 8.79. The van der Waals surface area contributed by atoms with Crippen molar-refractivity contribution in [2.45, 2.75) is 19.3 Å². The molecule has 2 aromatic rings. The molecule has 5 nitrogen and oxygen atoms in total. The lowest BCUT2D eigenvalue weighted by atomic mass is 10.2. The van der Waals surface area contributed by atoms with Gasteiger partial charge in [-0.1, -0.05) is 43.2 Å². The third-order valence-electron chi connectivity index (χ3n) is 3.36. The quantitative estimate of drug-likeness (QED) is 0.623. The van der Waals surface area contributed by atoms with Gasteiger partial charge in [0.1, 0.15) is 5.82 Å². The van der Waals surface area contributed by atoms with Crippen molar-refractivity contribution in [1.82, 2.24) is 9.97 Å². The van der Waals surface area contributed by atoms with Crippen LogP contribution in [0.5, 0.6) is 5.88 Å². The topological polar surface area (TPSA) is 73.1 Å². The standard InChI is InChI=1S/C15H18N4O/c16-19-13-10-14(20-9-8-11-6-7-11)18-15(17-13)12-4-2-1-3-5-12/h1-5,10-11H,6-9,16H2,(H,17,18,19). The molecule has 1 aromatic carbocycles. The SMILES string of the molecule is NNc1cc(OCCC2CC2)nc(-c2ccccc2)n1. The molecule has 0 unspecified atom stereocenters. The van der Waals surface area contributed by atoms with Crippen molar-refractivity contribution in [2.24, 2.45) is 11.8 Å². The maximum Gasteiger partial charge on any atom is 0.219 e. The fourth-order valence-corrected chi connectivity index (χ4v) is 2.03. The van der Waals surface area contributed by atoms with Crippen LogP contribution in [-0.4, -0.2) is 16.6 Å². The van der Waals surface area contributed by atoms with E-state index in [9.17, 15) is 0 Å². The Morgan fingerprint density at radius 3 is 2.70 bits per heavy atom. The number of aromatic nitrogens is 2. The first-order valence-corrected chi connectivity index (χ1v) is 6.89. The molecular formula is C15H18N4O. The third kappa shape index (κ3) is 3.24. The van der Waals surface area contributed by atoms with Gasteiger partial charge in [-0.15, -0.1) is 0 Å². The average Bonchev–Trinajstić information content (AvgIpc) is 3.32. The fourth-order valence-electron chi connectivity index (χ4n) is 2.03. The van der Waals surface area contributed by atoms with E-state index >= 15 is 0 Å². The summed E-state index contributed by atoms with van der Waals surface area (Å²) in [5.41, 5.74) is 3.50. The number of hydrogen-bond acceptors (Lipinski definition) is 5. The minimum atomic E-state index is 0.556. The molecule has 5 heteroatoms. The highest BCUT2D eigenvalue weighted by Crippen LogP contribution is 2.32. The van der Waals surface area contributed by atoms with E-state index < -0.39 is 0 Å². The summed E-state index contributed by atoms with van der Waals surface area (Å²) in [6.07, 6.45) is 3.76. The molecule has 1 heterocycles. The first-order chi connectivity index (χ1) is 9.85. The highest BCUT2D eigenvalue weighted by Gasteiger charge is 2.20. The molecule has 1 saturated carbocycles. The number of hydrazine groups is 1. The van der Waals surface area contributed by atoms with Gasteiger partial charge in [0, 0.05) is 11.6 Å². The van der Waals surface area contributed by atoms with E-state index in [1.165, 1.54) is 12.8 Å². The molecular weight excluding hydrogens is 252 g/mol. The van der Waals surface area contributed by atoms with Crippen LogP contribution in [-0.2, 0) is 0 Å². The van der Waals surface area contributed by atoms with Gasteiger partial charge in [0.15, 0.2) is 5.82 Å². The maximum absolute atomic E-state index is 5.71. The van der Waals surface area contributed by atoms with Gasteiger partial charge in [0.25, 0.3) is 0 Å². The minimum absolute atomic E-state index is 0.556. The molecule has 0 spiro atoms. The first-order valence-electron chi connectivity index (χ1n) is 6.89. The highest BCUT2D eigenvalue weighted by atomic mass is 16.5. The fraction of sp³-hybridized carbons (Fsp3) is 0.333. The van der Waals surface area contributed by atoms with E-state index in [0.29, 0.717) is 24.1 Å². The molecule has 0 saturated heterocycles. The molecule has 0 aliphatic heterocycles. The average molecular weight is 270 g/mol. The molecule has 0 atom stereocenters. The summed E-state index contributed by atoms with van der Waals surface area (Å²) < 4.78 is 5.71. The Balaban J connectivity index is 1.78. The number of hydrogen-bond donors (Lipinski definition) is 2. The molecule has 1 aliphatic carbocycles. The zero-order valence-electron chi connectivity index (χ0n) is 11.2. The number of rotatable bonds is 6. The number of ether oxygens (including phenoxy) is 1. The lowest BCUT2D eigenvalue weighted by molar-refractivity contribution is 0.291. The smallest absolute Gasteiger partial charge is 0.219 e. The van der Waals surface area contributed by atoms with E-state index in [1.807, 2.05) is 30.3 Å².